The van der Waals surface area contributed by atoms with Crippen molar-refractivity contribution in [2.24, 2.45) is 0 Å². The number of benzene rings is 2. The van der Waals surface area contributed by atoms with Gasteiger partial charge in [-0.05, 0) is 24.1 Å². The van der Waals surface area contributed by atoms with Gasteiger partial charge in [0.05, 0.1) is 11.1 Å². The Labute approximate surface area is 129 Å². The number of sulfonamides is 1. The topological polar surface area (TPSA) is 66.4 Å². The second kappa shape index (κ2) is 7.04. The van der Waals surface area contributed by atoms with Crippen LogP contribution >= 0.6 is 11.6 Å². The Balaban J connectivity index is 1.97. The van der Waals surface area contributed by atoms with E-state index >= 15 is 0 Å². The summed E-state index contributed by atoms with van der Waals surface area (Å²) >= 11 is 5.87. The van der Waals surface area contributed by atoms with Gasteiger partial charge in [-0.25, -0.2) is 13.1 Å². The van der Waals surface area contributed by atoms with Gasteiger partial charge in [0.1, 0.15) is 4.90 Å². The van der Waals surface area contributed by atoms with Crippen LogP contribution in [-0.4, -0.2) is 26.2 Å². The highest BCUT2D eigenvalue weighted by molar-refractivity contribution is 7.89. The van der Waals surface area contributed by atoms with Gasteiger partial charge in [-0.3, -0.25) is 0 Å². The fraction of sp³-hybridized carbons (Fsp3) is 0.200. The van der Waals surface area contributed by atoms with E-state index in [0.717, 1.165) is 5.56 Å². The maximum atomic E-state index is 12.1. The molecule has 0 aliphatic heterocycles. The van der Waals surface area contributed by atoms with E-state index in [4.69, 9.17) is 11.6 Å². The van der Waals surface area contributed by atoms with E-state index < -0.39 is 16.1 Å². The molecule has 0 fully saturated rings. The zero-order chi connectivity index (χ0) is 15.3. The van der Waals surface area contributed by atoms with Crippen LogP contribution in [0, 0.1) is 0 Å². The average Bonchev–Trinajstić information content (AvgIpc) is 2.47. The smallest absolute Gasteiger partial charge is 0.242 e. The quantitative estimate of drug-likeness (QED) is 0.856. The van der Waals surface area contributed by atoms with Gasteiger partial charge in [0.2, 0.25) is 10.0 Å². The maximum absolute atomic E-state index is 12.1. The van der Waals surface area contributed by atoms with Crippen molar-refractivity contribution < 1.29 is 13.5 Å². The van der Waals surface area contributed by atoms with Crippen molar-refractivity contribution in [2.75, 3.05) is 6.54 Å². The molecule has 0 amide bonds. The molecule has 4 nitrogen and oxygen atoms in total. The van der Waals surface area contributed by atoms with Crippen LogP contribution in [0.4, 0.5) is 0 Å². The zero-order valence-electron chi connectivity index (χ0n) is 11.2. The van der Waals surface area contributed by atoms with Crippen molar-refractivity contribution in [2.45, 2.75) is 17.4 Å². The number of halogens is 1. The normalized spacial score (nSPS) is 13.0. The molecule has 0 radical (unpaired) electrons. The van der Waals surface area contributed by atoms with E-state index in [0.29, 0.717) is 6.42 Å². The van der Waals surface area contributed by atoms with E-state index in [1.807, 2.05) is 30.3 Å². The molecule has 2 aromatic carbocycles. The minimum absolute atomic E-state index is 0.0126. The number of nitrogens with one attached hydrogen (secondary N) is 1. The predicted octanol–water partition coefficient (Wildman–Crippen LogP) is 2.22. The third kappa shape index (κ3) is 4.54. The number of aliphatic hydroxyl groups is 1. The molecule has 6 heteroatoms. The summed E-state index contributed by atoms with van der Waals surface area (Å²) in [5.41, 5.74) is 0.946. The van der Waals surface area contributed by atoms with Crippen molar-refractivity contribution in [3.63, 3.8) is 0 Å². The molecule has 0 unspecified atom stereocenters. The van der Waals surface area contributed by atoms with Crippen molar-refractivity contribution in [3.05, 3.63) is 65.2 Å². The van der Waals surface area contributed by atoms with Crippen LogP contribution in [0.5, 0.6) is 0 Å². The van der Waals surface area contributed by atoms with Crippen LogP contribution in [0.3, 0.4) is 0 Å². The standard InChI is InChI=1S/C15H16ClNO3S/c16-14-8-4-5-9-15(14)21(19,20)17-11-13(18)10-12-6-2-1-3-7-12/h1-9,13,17-18H,10-11H2/t13-/m1/s1. The first kappa shape index (κ1) is 16.0. The lowest BCUT2D eigenvalue weighted by Gasteiger charge is -2.13. The molecule has 0 aliphatic rings. The first-order valence-electron chi connectivity index (χ1n) is 6.45. The Morgan fingerprint density at radius 3 is 2.33 bits per heavy atom. The SMILES string of the molecule is O=S(=O)(NC[C@H](O)Cc1ccccc1)c1ccccc1Cl. The van der Waals surface area contributed by atoms with Crippen molar-refractivity contribution in [3.8, 4) is 0 Å². The molecule has 0 saturated heterocycles. The maximum Gasteiger partial charge on any atom is 0.242 e. The van der Waals surface area contributed by atoms with Crippen molar-refractivity contribution in [1.82, 2.24) is 4.72 Å². The van der Waals surface area contributed by atoms with Gasteiger partial charge in [-0.15, -0.1) is 0 Å². The minimum Gasteiger partial charge on any atom is -0.391 e. The third-order valence-corrected chi connectivity index (χ3v) is 4.87. The summed E-state index contributed by atoms with van der Waals surface area (Å²) in [6.45, 7) is -0.0670. The number of aliphatic hydroxyl groups excluding tert-OH is 1. The Kier molecular flexibility index (Phi) is 5.36. The lowest BCUT2D eigenvalue weighted by molar-refractivity contribution is 0.179. The van der Waals surface area contributed by atoms with E-state index in [9.17, 15) is 13.5 Å². The Hall–Kier alpha value is -1.40. The van der Waals surface area contributed by atoms with E-state index in [1.165, 1.54) is 12.1 Å². The summed E-state index contributed by atoms with van der Waals surface area (Å²) in [4.78, 5) is 0.0126. The number of hydrogen-bond donors (Lipinski definition) is 2. The highest BCUT2D eigenvalue weighted by Crippen LogP contribution is 2.20. The summed E-state index contributed by atoms with van der Waals surface area (Å²) in [7, 11) is -3.72. The van der Waals surface area contributed by atoms with Gasteiger partial charge in [0.25, 0.3) is 0 Å². The van der Waals surface area contributed by atoms with Crippen LogP contribution in [-0.2, 0) is 16.4 Å². The molecular weight excluding hydrogens is 310 g/mol. The molecule has 0 heterocycles. The van der Waals surface area contributed by atoms with Crippen LogP contribution in [0.2, 0.25) is 5.02 Å². The van der Waals surface area contributed by atoms with Crippen molar-refractivity contribution >= 4 is 21.6 Å². The Morgan fingerprint density at radius 1 is 1.05 bits per heavy atom. The van der Waals surface area contributed by atoms with Gasteiger partial charge < -0.3 is 5.11 Å². The van der Waals surface area contributed by atoms with Crippen LogP contribution in [0.1, 0.15) is 5.56 Å². The van der Waals surface area contributed by atoms with E-state index in [-0.39, 0.29) is 16.5 Å². The molecule has 0 aliphatic carbocycles. The molecule has 0 bridgehead atoms. The molecule has 2 aromatic rings. The molecule has 0 spiro atoms. The zero-order valence-corrected chi connectivity index (χ0v) is 12.8. The molecule has 2 N–H and O–H groups in total. The van der Waals surface area contributed by atoms with Gasteiger partial charge >= 0.3 is 0 Å². The molecule has 2 rings (SSSR count). The third-order valence-electron chi connectivity index (χ3n) is 2.95. The number of hydrogen-bond acceptors (Lipinski definition) is 3. The minimum atomic E-state index is -3.72. The second-order valence-corrected chi connectivity index (χ2v) is 6.77. The molecule has 21 heavy (non-hydrogen) atoms. The monoisotopic (exact) mass is 325 g/mol. The fourth-order valence-electron chi connectivity index (χ4n) is 1.90. The summed E-state index contributed by atoms with van der Waals surface area (Å²) in [5.74, 6) is 0. The molecule has 0 saturated carbocycles. The van der Waals surface area contributed by atoms with Crippen LogP contribution < -0.4 is 4.72 Å². The first-order chi connectivity index (χ1) is 9.99. The first-order valence-corrected chi connectivity index (χ1v) is 8.31. The summed E-state index contributed by atoms with van der Waals surface area (Å²) in [5, 5.41) is 10.1. The highest BCUT2D eigenvalue weighted by Gasteiger charge is 2.18. The van der Waals surface area contributed by atoms with Gasteiger partial charge in [-0.1, -0.05) is 54.1 Å². The lowest BCUT2D eigenvalue weighted by atomic mass is 10.1. The highest BCUT2D eigenvalue weighted by atomic mass is 35.5. The largest absolute Gasteiger partial charge is 0.391 e. The number of rotatable bonds is 6. The van der Waals surface area contributed by atoms with E-state index in [2.05, 4.69) is 4.72 Å². The summed E-state index contributed by atoms with van der Waals surface area (Å²) in [6, 6.07) is 15.6. The fourth-order valence-corrected chi connectivity index (χ4v) is 3.49. The molecule has 1 atom stereocenters. The van der Waals surface area contributed by atoms with Crippen LogP contribution in [0.25, 0.3) is 0 Å². The van der Waals surface area contributed by atoms with Crippen molar-refractivity contribution in [1.29, 1.82) is 0 Å². The second-order valence-electron chi connectivity index (χ2n) is 4.63. The van der Waals surface area contributed by atoms with Gasteiger partial charge in [0.15, 0.2) is 0 Å². The molecule has 0 aromatic heterocycles. The molecular formula is C15H16ClNO3S. The van der Waals surface area contributed by atoms with Gasteiger partial charge in [0, 0.05) is 6.54 Å². The summed E-state index contributed by atoms with van der Waals surface area (Å²) < 4.78 is 26.6. The summed E-state index contributed by atoms with van der Waals surface area (Å²) in [6.07, 6.45) is -0.420. The van der Waals surface area contributed by atoms with E-state index in [1.54, 1.807) is 12.1 Å². The van der Waals surface area contributed by atoms with Crippen LogP contribution in [0.15, 0.2) is 59.5 Å². The van der Waals surface area contributed by atoms with Gasteiger partial charge in [-0.2, -0.15) is 0 Å². The average molecular weight is 326 g/mol. The molecule has 112 valence electrons. The Bertz CT molecular complexity index is 689. The predicted molar refractivity (Wildman–Crippen MR) is 82.8 cm³/mol. The lowest BCUT2D eigenvalue weighted by Crippen LogP contribution is -2.33. The Morgan fingerprint density at radius 2 is 1.67 bits per heavy atom.